The lowest BCUT2D eigenvalue weighted by Gasteiger charge is -2.39. The van der Waals surface area contributed by atoms with Crippen LogP contribution >= 0.6 is 23.1 Å². The van der Waals surface area contributed by atoms with Gasteiger partial charge in [0.15, 0.2) is 0 Å². The number of likely N-dealkylation sites (tertiary alicyclic amines) is 1. The monoisotopic (exact) mass is 517 g/mol. The van der Waals surface area contributed by atoms with Gasteiger partial charge >= 0.3 is 5.97 Å². The van der Waals surface area contributed by atoms with Crippen LogP contribution in [-0.4, -0.2) is 53.5 Å². The summed E-state index contributed by atoms with van der Waals surface area (Å²) in [6.07, 6.45) is 1.78. The van der Waals surface area contributed by atoms with Crippen molar-refractivity contribution in [1.29, 1.82) is 0 Å². The van der Waals surface area contributed by atoms with Crippen LogP contribution in [0.25, 0.3) is 10.9 Å². The molecule has 35 heavy (non-hydrogen) atoms. The van der Waals surface area contributed by atoms with Crippen molar-refractivity contribution in [2.24, 2.45) is 11.1 Å². The van der Waals surface area contributed by atoms with Crippen molar-refractivity contribution in [2.45, 2.75) is 42.6 Å². The maximum atomic E-state index is 15.8. The number of benzene rings is 1. The molecule has 0 radical (unpaired) electrons. The molecular formula is C26H32FN3O3S2. The van der Waals surface area contributed by atoms with Gasteiger partial charge in [0, 0.05) is 36.0 Å². The van der Waals surface area contributed by atoms with Gasteiger partial charge in [-0.1, -0.05) is 6.07 Å². The molecule has 1 aliphatic heterocycles. The summed E-state index contributed by atoms with van der Waals surface area (Å²) >= 11 is 3.57. The lowest BCUT2D eigenvalue weighted by atomic mass is 9.74. The van der Waals surface area contributed by atoms with Crippen molar-refractivity contribution < 1.29 is 19.0 Å². The van der Waals surface area contributed by atoms with Crippen molar-refractivity contribution in [3.63, 3.8) is 0 Å². The lowest BCUT2D eigenvalue weighted by molar-refractivity contribution is -0.153. The van der Waals surface area contributed by atoms with Gasteiger partial charge in [0.05, 0.1) is 22.3 Å². The number of hydrogen-bond acceptors (Lipinski definition) is 7. The minimum atomic E-state index is -1.33. The Morgan fingerprint density at radius 3 is 2.83 bits per heavy atom. The zero-order valence-corrected chi connectivity index (χ0v) is 21.5. The Labute approximate surface area is 213 Å². The summed E-state index contributed by atoms with van der Waals surface area (Å²) in [5, 5.41) is 12.9. The number of pyridine rings is 1. The molecule has 3 heterocycles. The Hall–Kier alpha value is -2.20. The zero-order chi connectivity index (χ0) is 24.8. The Morgan fingerprint density at radius 1 is 1.37 bits per heavy atom. The van der Waals surface area contributed by atoms with Gasteiger partial charge in [-0.15, -0.1) is 23.1 Å². The molecular weight excluding hydrogens is 485 g/mol. The number of thiophene rings is 1. The first-order chi connectivity index (χ1) is 17.0. The number of carbonyl (C=O) groups is 1. The van der Waals surface area contributed by atoms with Gasteiger partial charge in [-0.2, -0.15) is 0 Å². The number of rotatable bonds is 11. The number of aliphatic carboxylic acids is 1. The maximum absolute atomic E-state index is 15.8. The quantitative estimate of drug-likeness (QED) is 0.324. The Bertz CT molecular complexity index is 1130. The maximum Gasteiger partial charge on any atom is 0.309 e. The highest BCUT2D eigenvalue weighted by Gasteiger charge is 2.41. The third kappa shape index (κ3) is 5.97. The summed E-state index contributed by atoms with van der Waals surface area (Å²) < 4.78 is 22.4. The highest BCUT2D eigenvalue weighted by atomic mass is 32.2. The first-order valence-corrected chi connectivity index (χ1v) is 13.7. The molecule has 1 saturated heterocycles. The van der Waals surface area contributed by atoms with Gasteiger partial charge in [-0.25, -0.2) is 4.39 Å². The third-order valence-corrected chi connectivity index (χ3v) is 9.13. The van der Waals surface area contributed by atoms with Gasteiger partial charge in [0.2, 0.25) is 0 Å². The largest absolute Gasteiger partial charge is 0.497 e. The molecule has 3 aromatic rings. The summed E-state index contributed by atoms with van der Waals surface area (Å²) in [5.74, 6) is 0.777. The number of nitrogens with two attached hydrogens (primary N) is 1. The number of ether oxygens (including phenoxy) is 1. The van der Waals surface area contributed by atoms with Crippen molar-refractivity contribution in [1.82, 2.24) is 9.88 Å². The fraction of sp³-hybridized carbons (Fsp3) is 0.462. The summed E-state index contributed by atoms with van der Waals surface area (Å²) in [6, 6.07) is 9.54. The van der Waals surface area contributed by atoms with Crippen LogP contribution < -0.4 is 10.5 Å². The number of methoxy groups -OCH3 is 1. The molecule has 0 amide bonds. The SMILES string of the molecule is COc1ccc2ncc(CN)c([C@H](F)CCC3(C(=O)O)CCN(CCSc4cccs4)CC3)c2c1. The van der Waals surface area contributed by atoms with E-state index in [1.54, 1.807) is 42.8 Å². The van der Waals surface area contributed by atoms with Crippen LogP contribution in [0.15, 0.2) is 46.1 Å². The molecule has 0 unspecified atom stereocenters. The minimum absolute atomic E-state index is 0.129. The van der Waals surface area contributed by atoms with Gasteiger partial charge in [0.25, 0.3) is 0 Å². The van der Waals surface area contributed by atoms with E-state index in [4.69, 9.17) is 10.5 Å². The number of piperidine rings is 1. The van der Waals surface area contributed by atoms with Crippen LogP contribution in [0.1, 0.15) is 43.0 Å². The van der Waals surface area contributed by atoms with Crippen LogP contribution in [0.3, 0.4) is 0 Å². The van der Waals surface area contributed by atoms with E-state index in [9.17, 15) is 9.90 Å². The molecule has 0 spiro atoms. The van der Waals surface area contributed by atoms with Crippen molar-refractivity contribution in [2.75, 3.05) is 32.5 Å². The molecule has 4 rings (SSSR count). The molecule has 2 aromatic heterocycles. The van der Waals surface area contributed by atoms with Gasteiger partial charge < -0.3 is 20.5 Å². The fourth-order valence-electron chi connectivity index (χ4n) is 4.84. The van der Waals surface area contributed by atoms with E-state index >= 15 is 4.39 Å². The average molecular weight is 518 g/mol. The second-order valence-corrected chi connectivity index (χ2v) is 11.3. The minimum Gasteiger partial charge on any atom is -0.497 e. The highest BCUT2D eigenvalue weighted by Crippen LogP contribution is 2.41. The van der Waals surface area contributed by atoms with Crippen molar-refractivity contribution >= 4 is 40.0 Å². The normalized spacial score (nSPS) is 16.9. The number of carboxylic acids is 1. The molecule has 3 N–H and O–H groups in total. The van der Waals surface area contributed by atoms with E-state index in [0.717, 1.165) is 25.4 Å². The summed E-state index contributed by atoms with van der Waals surface area (Å²) in [4.78, 5) is 19.1. The van der Waals surface area contributed by atoms with E-state index in [0.29, 0.717) is 47.0 Å². The first kappa shape index (κ1) is 25.9. The van der Waals surface area contributed by atoms with Crippen LogP contribution in [0.5, 0.6) is 5.75 Å². The van der Waals surface area contributed by atoms with E-state index in [-0.39, 0.29) is 13.0 Å². The van der Waals surface area contributed by atoms with Crippen LogP contribution in [0, 0.1) is 5.41 Å². The summed E-state index contributed by atoms with van der Waals surface area (Å²) in [5.41, 5.74) is 6.82. The first-order valence-electron chi connectivity index (χ1n) is 11.9. The molecule has 0 saturated carbocycles. The second-order valence-electron chi connectivity index (χ2n) is 9.00. The Balaban J connectivity index is 1.42. The number of alkyl halides is 1. The van der Waals surface area contributed by atoms with Gasteiger partial charge in [-0.05, 0) is 74.0 Å². The molecule has 9 heteroatoms. The smallest absolute Gasteiger partial charge is 0.309 e. The zero-order valence-electron chi connectivity index (χ0n) is 19.9. The third-order valence-electron chi connectivity index (χ3n) is 7.02. The molecule has 1 aromatic carbocycles. The number of thioether (sulfide) groups is 1. The molecule has 0 bridgehead atoms. The van der Waals surface area contributed by atoms with Gasteiger partial charge in [0.1, 0.15) is 11.9 Å². The second kappa shape index (κ2) is 11.7. The molecule has 1 fully saturated rings. The topological polar surface area (TPSA) is 88.7 Å². The number of carboxylic acid groups (broad SMARTS) is 1. The highest BCUT2D eigenvalue weighted by molar-refractivity contribution is 8.01. The molecule has 1 aliphatic rings. The van der Waals surface area contributed by atoms with E-state index in [1.807, 2.05) is 11.8 Å². The Kier molecular flexibility index (Phi) is 8.64. The fourth-order valence-corrected chi connectivity index (χ4v) is 6.70. The molecule has 0 aliphatic carbocycles. The van der Waals surface area contributed by atoms with Crippen molar-refractivity contribution in [3.8, 4) is 5.75 Å². The molecule has 188 valence electrons. The van der Waals surface area contributed by atoms with Crippen molar-refractivity contribution in [3.05, 3.63) is 53.0 Å². The van der Waals surface area contributed by atoms with Crippen LogP contribution in [-0.2, 0) is 11.3 Å². The lowest BCUT2D eigenvalue weighted by Crippen LogP contribution is -2.45. The summed E-state index contributed by atoms with van der Waals surface area (Å²) in [6.45, 7) is 2.53. The van der Waals surface area contributed by atoms with Crippen LogP contribution in [0.4, 0.5) is 4.39 Å². The molecule has 6 nitrogen and oxygen atoms in total. The predicted molar refractivity (Wildman–Crippen MR) is 140 cm³/mol. The summed E-state index contributed by atoms with van der Waals surface area (Å²) in [7, 11) is 1.57. The number of hydrogen-bond donors (Lipinski definition) is 2. The number of nitrogens with zero attached hydrogens (tertiary/aromatic N) is 2. The standard InChI is InChI=1S/C26H32FN3O3S2/c1-33-19-4-5-22-20(15-19)24(18(16-28)17-29-22)21(27)6-7-26(25(31)32)8-10-30(11-9-26)12-14-35-23-3-2-13-34-23/h2-5,13,15,17,21H,6-12,14,16,28H2,1H3,(H,31,32)/t21-/m1/s1. The Morgan fingerprint density at radius 2 is 2.17 bits per heavy atom. The number of aromatic nitrogens is 1. The van der Waals surface area contributed by atoms with Gasteiger partial charge in [-0.3, -0.25) is 9.78 Å². The number of halogens is 1. The number of fused-ring (bicyclic) bond motifs is 1. The van der Waals surface area contributed by atoms with Crippen LogP contribution in [0.2, 0.25) is 0 Å². The van der Waals surface area contributed by atoms with E-state index in [1.165, 1.54) is 4.21 Å². The molecule has 1 atom stereocenters. The van der Waals surface area contributed by atoms with E-state index in [2.05, 4.69) is 27.4 Å². The predicted octanol–water partition coefficient (Wildman–Crippen LogP) is 5.51. The average Bonchev–Trinajstić information content (AvgIpc) is 3.40. The van der Waals surface area contributed by atoms with E-state index < -0.39 is 17.6 Å².